The summed E-state index contributed by atoms with van der Waals surface area (Å²) in [5.74, 6) is 1.19. The number of thiophene rings is 1. The fourth-order valence-corrected chi connectivity index (χ4v) is 3.79. The lowest BCUT2D eigenvalue weighted by Crippen LogP contribution is -2.08. The first-order chi connectivity index (χ1) is 12.4. The average molecular weight is 367 g/mol. The monoisotopic (exact) mass is 367 g/mol. The van der Waals surface area contributed by atoms with Gasteiger partial charge in [0.15, 0.2) is 11.6 Å². The zero-order valence-corrected chi connectivity index (χ0v) is 14.7. The Morgan fingerprint density at radius 1 is 1.19 bits per heavy atom. The molecule has 0 aliphatic carbocycles. The highest BCUT2D eigenvalue weighted by atomic mass is 32.1. The van der Waals surface area contributed by atoms with Gasteiger partial charge in [-0.15, -0.1) is 11.3 Å². The number of nitrogens with zero attached hydrogens (tertiary/aromatic N) is 2. The van der Waals surface area contributed by atoms with E-state index in [-0.39, 0.29) is 11.2 Å². The minimum atomic E-state index is -0.457. The third-order valence-electron chi connectivity index (χ3n) is 4.22. The van der Waals surface area contributed by atoms with E-state index in [1.54, 1.807) is 24.3 Å². The smallest absolute Gasteiger partial charge is 0.270 e. The van der Waals surface area contributed by atoms with Crippen molar-refractivity contribution in [2.24, 2.45) is 0 Å². The number of H-pyrrole nitrogens is 1. The largest absolute Gasteiger partial charge is 0.453 e. The first kappa shape index (κ1) is 16.2. The summed E-state index contributed by atoms with van der Waals surface area (Å²) < 4.78 is 5.78. The molecule has 0 radical (unpaired) electrons. The first-order valence-electron chi connectivity index (χ1n) is 7.79. The number of nitrogens with one attached hydrogen (secondary N) is 1. The molecule has 0 aliphatic heterocycles. The van der Waals surface area contributed by atoms with Crippen LogP contribution in [0.2, 0.25) is 0 Å². The number of aromatic nitrogens is 2. The predicted octanol–water partition coefficient (Wildman–Crippen LogP) is 4.44. The number of hydrogen-bond donors (Lipinski definition) is 1. The first-order valence-corrected chi connectivity index (χ1v) is 8.61. The van der Waals surface area contributed by atoms with E-state index < -0.39 is 4.92 Å². The number of furan rings is 1. The maximum Gasteiger partial charge on any atom is 0.270 e. The van der Waals surface area contributed by atoms with Crippen molar-refractivity contribution in [2.75, 3.05) is 0 Å². The molecular formula is C18H13N3O4S. The molecular weight excluding hydrogens is 354 g/mol. The summed E-state index contributed by atoms with van der Waals surface area (Å²) >= 11 is 1.46. The van der Waals surface area contributed by atoms with E-state index in [9.17, 15) is 14.9 Å². The number of non-ortho nitro benzene ring substituents is 1. The fraction of sp³-hybridized carbons (Fsp3) is 0.111. The topological polar surface area (TPSA) is 102 Å². The van der Waals surface area contributed by atoms with Crippen LogP contribution in [0.25, 0.3) is 33.1 Å². The Morgan fingerprint density at radius 2 is 1.96 bits per heavy atom. The van der Waals surface area contributed by atoms with Crippen LogP contribution in [0.15, 0.2) is 45.6 Å². The van der Waals surface area contributed by atoms with Gasteiger partial charge in [0.25, 0.3) is 11.2 Å². The van der Waals surface area contributed by atoms with Crippen molar-refractivity contribution in [1.82, 2.24) is 9.97 Å². The Hall–Kier alpha value is -3.26. The van der Waals surface area contributed by atoms with Crippen molar-refractivity contribution in [2.45, 2.75) is 13.8 Å². The third-order valence-corrected chi connectivity index (χ3v) is 5.32. The van der Waals surface area contributed by atoms with Crippen LogP contribution in [0, 0.1) is 24.0 Å². The molecule has 0 fully saturated rings. The molecule has 1 N–H and O–H groups in total. The summed E-state index contributed by atoms with van der Waals surface area (Å²) in [6, 6.07) is 9.56. The lowest BCUT2D eigenvalue weighted by molar-refractivity contribution is -0.384. The summed E-state index contributed by atoms with van der Waals surface area (Å²) in [7, 11) is 0. The molecule has 0 saturated carbocycles. The Bertz CT molecular complexity index is 1220. The third kappa shape index (κ3) is 2.60. The average Bonchev–Trinajstić information content (AvgIpc) is 3.21. The number of fused-ring (bicyclic) bond motifs is 1. The number of hydrogen-bond acceptors (Lipinski definition) is 6. The second-order valence-electron chi connectivity index (χ2n) is 5.85. The Kier molecular flexibility index (Phi) is 3.69. The zero-order valence-electron chi connectivity index (χ0n) is 13.9. The van der Waals surface area contributed by atoms with Gasteiger partial charge in [-0.3, -0.25) is 14.9 Å². The number of nitro groups is 1. The molecule has 0 aliphatic rings. The molecule has 0 unspecified atom stereocenters. The van der Waals surface area contributed by atoms with Crippen LogP contribution >= 0.6 is 11.3 Å². The Labute approximate surface area is 151 Å². The number of aryl methyl sites for hydroxylation is 2. The molecule has 26 heavy (non-hydrogen) atoms. The molecule has 0 atom stereocenters. The van der Waals surface area contributed by atoms with Crippen molar-refractivity contribution in [3.05, 3.63) is 67.3 Å². The van der Waals surface area contributed by atoms with Gasteiger partial charge < -0.3 is 9.40 Å². The SMILES string of the molecule is Cc1sc2nc(-c3ccc(-c4cccc([N+](=O)[O-])c4)o3)[nH]c(=O)c2c1C. The highest BCUT2D eigenvalue weighted by Crippen LogP contribution is 2.31. The summed E-state index contributed by atoms with van der Waals surface area (Å²) in [5.41, 5.74) is 1.29. The van der Waals surface area contributed by atoms with Gasteiger partial charge in [-0.2, -0.15) is 0 Å². The minimum absolute atomic E-state index is 0.0158. The van der Waals surface area contributed by atoms with Gasteiger partial charge in [-0.25, -0.2) is 4.98 Å². The van der Waals surface area contributed by atoms with Crippen LogP contribution in [0.3, 0.4) is 0 Å². The normalized spacial score (nSPS) is 11.2. The van der Waals surface area contributed by atoms with E-state index in [1.807, 2.05) is 13.8 Å². The van der Waals surface area contributed by atoms with Crippen molar-refractivity contribution < 1.29 is 9.34 Å². The van der Waals surface area contributed by atoms with Crippen LogP contribution in [0.4, 0.5) is 5.69 Å². The summed E-state index contributed by atoms with van der Waals surface area (Å²) in [6.07, 6.45) is 0. The van der Waals surface area contributed by atoms with Crippen LogP contribution in [-0.2, 0) is 0 Å². The fourth-order valence-electron chi connectivity index (χ4n) is 2.76. The minimum Gasteiger partial charge on any atom is -0.453 e. The molecule has 7 nitrogen and oxygen atoms in total. The number of benzene rings is 1. The molecule has 0 bridgehead atoms. The molecule has 0 spiro atoms. The maximum absolute atomic E-state index is 12.4. The molecule has 0 saturated heterocycles. The van der Waals surface area contributed by atoms with Gasteiger partial charge in [0.2, 0.25) is 0 Å². The van der Waals surface area contributed by atoms with E-state index in [0.717, 1.165) is 10.4 Å². The van der Waals surface area contributed by atoms with Crippen LogP contribution in [-0.4, -0.2) is 14.9 Å². The van der Waals surface area contributed by atoms with Gasteiger partial charge in [0, 0.05) is 22.6 Å². The van der Waals surface area contributed by atoms with Gasteiger partial charge in [0.05, 0.1) is 10.3 Å². The second-order valence-corrected chi connectivity index (χ2v) is 7.05. The molecule has 1 aromatic carbocycles. The molecule has 3 aromatic heterocycles. The van der Waals surface area contributed by atoms with Crippen molar-refractivity contribution in [3.8, 4) is 22.9 Å². The standard InChI is InChI=1S/C18H13N3O4S/c1-9-10(2)26-18-15(9)17(22)19-16(20-18)14-7-6-13(25-14)11-4-3-5-12(8-11)21(23)24/h3-8H,1-2H3,(H,19,20,22). The van der Waals surface area contributed by atoms with Crippen LogP contribution in [0.5, 0.6) is 0 Å². The summed E-state index contributed by atoms with van der Waals surface area (Å²) in [5, 5.41) is 11.5. The van der Waals surface area contributed by atoms with Crippen molar-refractivity contribution in [1.29, 1.82) is 0 Å². The zero-order chi connectivity index (χ0) is 18.4. The number of nitro benzene ring substituents is 1. The van der Waals surface area contributed by atoms with Crippen LogP contribution < -0.4 is 5.56 Å². The van der Waals surface area contributed by atoms with E-state index in [1.165, 1.54) is 23.5 Å². The lowest BCUT2D eigenvalue weighted by atomic mass is 10.1. The predicted molar refractivity (Wildman–Crippen MR) is 99.5 cm³/mol. The van der Waals surface area contributed by atoms with Gasteiger partial charge in [0.1, 0.15) is 10.6 Å². The summed E-state index contributed by atoms with van der Waals surface area (Å²) in [6.45, 7) is 3.85. The van der Waals surface area contributed by atoms with E-state index in [2.05, 4.69) is 9.97 Å². The second kappa shape index (κ2) is 5.92. The lowest BCUT2D eigenvalue weighted by Gasteiger charge is -1.99. The Balaban J connectivity index is 1.79. The molecule has 8 heteroatoms. The highest BCUT2D eigenvalue weighted by molar-refractivity contribution is 7.18. The number of rotatable bonds is 3. The molecule has 130 valence electrons. The van der Waals surface area contributed by atoms with Crippen molar-refractivity contribution in [3.63, 3.8) is 0 Å². The van der Waals surface area contributed by atoms with Gasteiger partial charge in [-0.05, 0) is 31.5 Å². The van der Waals surface area contributed by atoms with E-state index in [4.69, 9.17) is 4.42 Å². The quantitative estimate of drug-likeness (QED) is 0.426. The van der Waals surface area contributed by atoms with Gasteiger partial charge >= 0.3 is 0 Å². The highest BCUT2D eigenvalue weighted by Gasteiger charge is 2.16. The van der Waals surface area contributed by atoms with Crippen LogP contribution in [0.1, 0.15) is 10.4 Å². The molecule has 4 aromatic rings. The molecule has 4 rings (SSSR count). The van der Waals surface area contributed by atoms with E-state index in [0.29, 0.717) is 33.1 Å². The molecule has 0 amide bonds. The van der Waals surface area contributed by atoms with Gasteiger partial charge in [-0.1, -0.05) is 12.1 Å². The number of aromatic amines is 1. The summed E-state index contributed by atoms with van der Waals surface area (Å²) in [4.78, 5) is 31.8. The maximum atomic E-state index is 12.4. The molecule has 3 heterocycles. The van der Waals surface area contributed by atoms with E-state index >= 15 is 0 Å². The van der Waals surface area contributed by atoms with Crippen molar-refractivity contribution >= 4 is 27.2 Å². The Morgan fingerprint density at radius 3 is 2.73 bits per heavy atom.